The normalized spacial score (nSPS) is 16.5. The van der Waals surface area contributed by atoms with Crippen molar-refractivity contribution < 1.29 is 18.7 Å². The molecule has 7 heteroatoms. The largest absolute Gasteiger partial charge is 0.495 e. The van der Waals surface area contributed by atoms with Gasteiger partial charge in [0.05, 0.1) is 12.8 Å². The van der Waals surface area contributed by atoms with Gasteiger partial charge >= 0.3 is 6.03 Å². The average molecular weight is 357 g/mol. The number of carbonyl (C=O) groups is 2. The molecule has 2 aromatic carbocycles. The third-order valence-corrected chi connectivity index (χ3v) is 4.25. The Bertz CT molecular complexity index is 823. The van der Waals surface area contributed by atoms with E-state index < -0.39 is 12.1 Å². The molecular weight excluding hydrogens is 337 g/mol. The van der Waals surface area contributed by atoms with E-state index in [1.165, 1.54) is 24.1 Å². The third kappa shape index (κ3) is 3.77. The molecular formula is C19H20FN3O3. The number of rotatable bonds is 4. The molecule has 2 N–H and O–H groups in total. The number of amides is 3. The van der Waals surface area contributed by atoms with E-state index in [0.717, 1.165) is 5.56 Å². The van der Waals surface area contributed by atoms with Crippen LogP contribution in [0.1, 0.15) is 12.0 Å². The highest BCUT2D eigenvalue weighted by atomic mass is 19.1. The average Bonchev–Trinajstić information content (AvgIpc) is 2.96. The van der Waals surface area contributed by atoms with Crippen LogP contribution in [0.25, 0.3) is 0 Å². The number of benzene rings is 2. The lowest BCUT2D eigenvalue weighted by Gasteiger charge is -2.18. The first-order valence-corrected chi connectivity index (χ1v) is 8.27. The SMILES string of the molecule is COc1ccc(C)cc1NC(=O)NC1CCN(c2ccc(F)cc2)C1=O. The summed E-state index contributed by atoms with van der Waals surface area (Å²) >= 11 is 0. The number of nitrogens with one attached hydrogen (secondary N) is 2. The van der Waals surface area contributed by atoms with Crippen molar-refractivity contribution in [3.05, 3.63) is 53.8 Å². The van der Waals surface area contributed by atoms with E-state index in [9.17, 15) is 14.0 Å². The predicted molar refractivity (Wildman–Crippen MR) is 97.0 cm³/mol. The topological polar surface area (TPSA) is 70.7 Å². The Balaban J connectivity index is 1.64. The third-order valence-electron chi connectivity index (χ3n) is 4.25. The van der Waals surface area contributed by atoms with Crippen molar-refractivity contribution in [1.82, 2.24) is 5.32 Å². The number of ether oxygens (including phenoxy) is 1. The minimum atomic E-state index is -0.629. The molecule has 0 aliphatic carbocycles. The maximum Gasteiger partial charge on any atom is 0.319 e. The molecule has 6 nitrogen and oxygen atoms in total. The first-order chi connectivity index (χ1) is 12.5. The summed E-state index contributed by atoms with van der Waals surface area (Å²) in [6, 6.07) is 10.0. The number of nitrogens with zero attached hydrogens (tertiary/aromatic N) is 1. The van der Waals surface area contributed by atoms with Crippen LogP contribution in [-0.4, -0.2) is 31.6 Å². The van der Waals surface area contributed by atoms with Gasteiger partial charge in [0.15, 0.2) is 0 Å². The summed E-state index contributed by atoms with van der Waals surface area (Å²) in [6.07, 6.45) is 0.481. The predicted octanol–water partition coefficient (Wildman–Crippen LogP) is 3.07. The summed E-state index contributed by atoms with van der Waals surface area (Å²) in [4.78, 5) is 26.3. The molecule has 1 heterocycles. The van der Waals surface area contributed by atoms with Crippen molar-refractivity contribution in [3.8, 4) is 5.75 Å². The van der Waals surface area contributed by atoms with Gasteiger partial charge in [0.2, 0.25) is 5.91 Å². The van der Waals surface area contributed by atoms with Crippen LogP contribution in [0, 0.1) is 12.7 Å². The van der Waals surface area contributed by atoms with Crippen molar-refractivity contribution in [2.75, 3.05) is 23.9 Å². The molecule has 1 unspecified atom stereocenters. The molecule has 0 spiro atoms. The van der Waals surface area contributed by atoms with E-state index in [1.54, 1.807) is 24.3 Å². The minimum absolute atomic E-state index is 0.219. The molecule has 3 amide bonds. The van der Waals surface area contributed by atoms with E-state index in [1.807, 2.05) is 13.0 Å². The van der Waals surface area contributed by atoms with Crippen LogP contribution in [0.5, 0.6) is 5.75 Å². The quantitative estimate of drug-likeness (QED) is 0.883. The summed E-state index contributed by atoms with van der Waals surface area (Å²) in [5.41, 5.74) is 2.12. The number of anilines is 2. The standard InChI is InChI=1S/C19H20FN3O3/c1-12-3-8-17(26-2)16(11-12)22-19(25)21-15-9-10-23(18(15)24)14-6-4-13(20)5-7-14/h3-8,11,15H,9-10H2,1-2H3,(H2,21,22,25). The Hall–Kier alpha value is -3.09. The van der Waals surface area contributed by atoms with Crippen molar-refractivity contribution >= 4 is 23.3 Å². The van der Waals surface area contributed by atoms with Gasteiger partial charge in [-0.1, -0.05) is 6.07 Å². The molecule has 1 aliphatic heterocycles. The van der Waals surface area contributed by atoms with Crippen LogP contribution in [0.4, 0.5) is 20.6 Å². The van der Waals surface area contributed by atoms with Crippen LogP contribution >= 0.6 is 0 Å². The first-order valence-electron chi connectivity index (χ1n) is 8.27. The van der Waals surface area contributed by atoms with Crippen LogP contribution in [0.2, 0.25) is 0 Å². The summed E-state index contributed by atoms with van der Waals surface area (Å²) in [6.45, 7) is 2.37. The highest BCUT2D eigenvalue weighted by Gasteiger charge is 2.33. The number of hydrogen-bond acceptors (Lipinski definition) is 3. The lowest BCUT2D eigenvalue weighted by atomic mass is 10.2. The maximum absolute atomic E-state index is 13.0. The Morgan fingerprint density at radius 2 is 1.96 bits per heavy atom. The van der Waals surface area contributed by atoms with Crippen molar-refractivity contribution in [1.29, 1.82) is 0 Å². The van der Waals surface area contributed by atoms with Gasteiger partial charge < -0.3 is 20.3 Å². The molecule has 1 saturated heterocycles. The molecule has 0 aromatic heterocycles. The fourth-order valence-electron chi connectivity index (χ4n) is 2.93. The minimum Gasteiger partial charge on any atom is -0.495 e. The number of aryl methyl sites for hydroxylation is 1. The molecule has 2 aromatic rings. The Morgan fingerprint density at radius 3 is 2.65 bits per heavy atom. The van der Waals surface area contributed by atoms with Crippen molar-refractivity contribution in [2.24, 2.45) is 0 Å². The molecule has 1 fully saturated rings. The fraction of sp³-hybridized carbons (Fsp3) is 0.263. The van der Waals surface area contributed by atoms with E-state index in [-0.39, 0.29) is 11.7 Å². The van der Waals surface area contributed by atoms with Gasteiger partial charge in [0.1, 0.15) is 17.6 Å². The lowest BCUT2D eigenvalue weighted by Crippen LogP contribution is -2.43. The van der Waals surface area contributed by atoms with Crippen molar-refractivity contribution in [3.63, 3.8) is 0 Å². The van der Waals surface area contributed by atoms with Crippen LogP contribution in [-0.2, 0) is 4.79 Å². The van der Waals surface area contributed by atoms with Gasteiger partial charge in [0, 0.05) is 12.2 Å². The summed E-state index contributed by atoms with van der Waals surface area (Å²) in [5, 5.41) is 5.40. The van der Waals surface area contributed by atoms with E-state index >= 15 is 0 Å². The van der Waals surface area contributed by atoms with Gasteiger partial charge in [-0.05, 0) is 55.3 Å². The number of urea groups is 1. The number of halogens is 1. The second-order valence-electron chi connectivity index (χ2n) is 6.11. The lowest BCUT2D eigenvalue weighted by molar-refractivity contribution is -0.118. The number of carbonyl (C=O) groups excluding carboxylic acids is 2. The molecule has 0 saturated carbocycles. The highest BCUT2D eigenvalue weighted by molar-refractivity contribution is 6.02. The van der Waals surface area contributed by atoms with Crippen LogP contribution in [0.15, 0.2) is 42.5 Å². The second kappa shape index (κ2) is 7.43. The Labute approximate surface area is 150 Å². The molecule has 0 radical (unpaired) electrons. The van der Waals surface area contributed by atoms with Gasteiger partial charge in [-0.2, -0.15) is 0 Å². The van der Waals surface area contributed by atoms with Crippen molar-refractivity contribution in [2.45, 2.75) is 19.4 Å². The van der Waals surface area contributed by atoms with Gasteiger partial charge in [-0.3, -0.25) is 4.79 Å². The van der Waals surface area contributed by atoms with E-state index in [2.05, 4.69) is 10.6 Å². The monoisotopic (exact) mass is 357 g/mol. The summed E-state index contributed by atoms with van der Waals surface area (Å²) in [7, 11) is 1.52. The van der Waals surface area contributed by atoms with E-state index in [4.69, 9.17) is 4.74 Å². The molecule has 0 bridgehead atoms. The maximum atomic E-state index is 13.0. The first kappa shape index (κ1) is 17.7. The Kier molecular flexibility index (Phi) is 5.06. The molecule has 1 atom stereocenters. The second-order valence-corrected chi connectivity index (χ2v) is 6.11. The molecule has 3 rings (SSSR count). The fourth-order valence-corrected chi connectivity index (χ4v) is 2.93. The van der Waals surface area contributed by atoms with E-state index in [0.29, 0.717) is 30.1 Å². The zero-order valence-electron chi connectivity index (χ0n) is 14.6. The smallest absolute Gasteiger partial charge is 0.319 e. The van der Waals surface area contributed by atoms with Crippen LogP contribution < -0.4 is 20.3 Å². The van der Waals surface area contributed by atoms with Gasteiger partial charge in [0.25, 0.3) is 0 Å². The van der Waals surface area contributed by atoms with Gasteiger partial charge in [-0.25, -0.2) is 9.18 Å². The zero-order valence-corrected chi connectivity index (χ0v) is 14.6. The molecule has 136 valence electrons. The Morgan fingerprint density at radius 1 is 1.23 bits per heavy atom. The van der Waals surface area contributed by atoms with Gasteiger partial charge in [-0.15, -0.1) is 0 Å². The summed E-state index contributed by atoms with van der Waals surface area (Å²) in [5.74, 6) is -0.0408. The number of hydrogen-bond donors (Lipinski definition) is 2. The molecule has 1 aliphatic rings. The number of methoxy groups -OCH3 is 1. The summed E-state index contributed by atoms with van der Waals surface area (Å²) < 4.78 is 18.3. The zero-order chi connectivity index (χ0) is 18.7. The highest BCUT2D eigenvalue weighted by Crippen LogP contribution is 2.25. The van der Waals surface area contributed by atoms with Crippen LogP contribution in [0.3, 0.4) is 0 Å². The molecule has 26 heavy (non-hydrogen) atoms.